The van der Waals surface area contributed by atoms with Gasteiger partial charge < -0.3 is 15.5 Å². The number of likely N-dealkylation sites (N-methyl/N-ethyl adjacent to an activating group) is 1. The van der Waals surface area contributed by atoms with Gasteiger partial charge in [-0.05, 0) is 39.1 Å². The predicted octanol–water partition coefficient (Wildman–Crippen LogP) is 3.10. The van der Waals surface area contributed by atoms with Gasteiger partial charge in [0.15, 0.2) is 0 Å². The summed E-state index contributed by atoms with van der Waals surface area (Å²) in [6, 6.07) is 8.03. The molecule has 0 bridgehead atoms. The fraction of sp³-hybridized carbons (Fsp3) is 0.550. The Balaban J connectivity index is 1.44. The Kier molecular flexibility index (Phi) is 7.73. The Bertz CT molecular complexity index is 697. The number of hydrazone groups is 1. The molecule has 1 fully saturated rings. The molecule has 1 aromatic carbocycles. The average Bonchev–Trinajstić information content (AvgIpc) is 3.16. The zero-order valence-electron chi connectivity index (χ0n) is 16.6. The standard InChI is InChI=1S/C20H30N6OS/c1-26(2)13-12-21-20(27)23-17-10-8-15(9-11-17)19-25-24-18(28-19)14-22-16-6-4-3-5-7-16/h8-11,14,16,18,24H,3-7,12-13H2,1-2H3,(H2,21,23,27). The quantitative estimate of drug-likeness (QED) is 0.612. The van der Waals surface area contributed by atoms with Crippen LogP contribution in [0.1, 0.15) is 37.7 Å². The second-order valence-electron chi connectivity index (χ2n) is 7.44. The van der Waals surface area contributed by atoms with Crippen LogP contribution < -0.4 is 16.1 Å². The third-order valence-corrected chi connectivity index (χ3v) is 5.80. The highest BCUT2D eigenvalue weighted by Gasteiger charge is 2.20. The molecule has 2 aliphatic rings. The molecule has 1 atom stereocenters. The van der Waals surface area contributed by atoms with Crippen LogP contribution in [-0.4, -0.2) is 60.8 Å². The highest BCUT2D eigenvalue weighted by molar-refractivity contribution is 8.15. The van der Waals surface area contributed by atoms with E-state index in [1.165, 1.54) is 32.1 Å². The molecular formula is C20H30N6OS. The van der Waals surface area contributed by atoms with Gasteiger partial charge in [-0.3, -0.25) is 10.4 Å². The van der Waals surface area contributed by atoms with E-state index in [2.05, 4.69) is 21.2 Å². The monoisotopic (exact) mass is 402 g/mol. The smallest absolute Gasteiger partial charge is 0.319 e. The van der Waals surface area contributed by atoms with Crippen LogP contribution in [0.3, 0.4) is 0 Å². The van der Waals surface area contributed by atoms with Crippen LogP contribution in [0, 0.1) is 0 Å². The number of hydrogen-bond acceptors (Lipinski definition) is 6. The molecule has 3 N–H and O–H groups in total. The molecular weight excluding hydrogens is 372 g/mol. The summed E-state index contributed by atoms with van der Waals surface area (Å²) in [6.45, 7) is 1.42. The number of benzene rings is 1. The van der Waals surface area contributed by atoms with Crippen molar-refractivity contribution in [3.8, 4) is 0 Å². The fourth-order valence-electron chi connectivity index (χ4n) is 3.19. The summed E-state index contributed by atoms with van der Waals surface area (Å²) in [4.78, 5) is 18.6. The molecule has 1 saturated carbocycles. The van der Waals surface area contributed by atoms with E-state index < -0.39 is 0 Å². The van der Waals surface area contributed by atoms with Crippen LogP contribution in [0.25, 0.3) is 0 Å². The second kappa shape index (κ2) is 10.5. The van der Waals surface area contributed by atoms with Gasteiger partial charge in [0.05, 0.1) is 0 Å². The van der Waals surface area contributed by atoms with Gasteiger partial charge in [-0.2, -0.15) is 5.10 Å². The molecule has 1 aliphatic heterocycles. The Labute approximate surface area is 171 Å². The van der Waals surface area contributed by atoms with E-state index in [1.54, 1.807) is 11.8 Å². The molecule has 0 radical (unpaired) electrons. The van der Waals surface area contributed by atoms with Crippen LogP contribution in [0.2, 0.25) is 0 Å². The molecule has 3 rings (SSSR count). The number of thioether (sulfide) groups is 1. The highest BCUT2D eigenvalue weighted by Crippen LogP contribution is 2.24. The number of hydrogen-bond donors (Lipinski definition) is 3. The zero-order valence-corrected chi connectivity index (χ0v) is 17.5. The predicted molar refractivity (Wildman–Crippen MR) is 118 cm³/mol. The molecule has 0 aromatic heterocycles. The highest BCUT2D eigenvalue weighted by atomic mass is 32.2. The van der Waals surface area contributed by atoms with Crippen molar-refractivity contribution in [3.63, 3.8) is 0 Å². The van der Waals surface area contributed by atoms with Crippen molar-refractivity contribution in [2.75, 3.05) is 32.5 Å². The summed E-state index contributed by atoms with van der Waals surface area (Å²) in [6.07, 6.45) is 8.35. The van der Waals surface area contributed by atoms with Gasteiger partial charge in [-0.15, -0.1) is 0 Å². The van der Waals surface area contributed by atoms with Gasteiger partial charge in [0.25, 0.3) is 0 Å². The van der Waals surface area contributed by atoms with Crippen molar-refractivity contribution in [1.29, 1.82) is 0 Å². The first-order chi connectivity index (χ1) is 13.6. The number of carbonyl (C=O) groups is 1. The minimum atomic E-state index is -0.192. The van der Waals surface area contributed by atoms with Crippen molar-refractivity contribution in [1.82, 2.24) is 15.6 Å². The number of anilines is 1. The molecule has 28 heavy (non-hydrogen) atoms. The number of amides is 2. The molecule has 1 aromatic rings. The van der Waals surface area contributed by atoms with Gasteiger partial charge in [0.2, 0.25) is 0 Å². The lowest BCUT2D eigenvalue weighted by Gasteiger charge is -2.17. The number of aliphatic imine (C=N–C) groups is 1. The topological polar surface area (TPSA) is 81.1 Å². The third kappa shape index (κ3) is 6.53. The Morgan fingerprint density at radius 3 is 2.75 bits per heavy atom. The van der Waals surface area contributed by atoms with E-state index in [1.807, 2.05) is 49.5 Å². The van der Waals surface area contributed by atoms with Crippen molar-refractivity contribution < 1.29 is 4.79 Å². The van der Waals surface area contributed by atoms with Crippen LogP contribution >= 0.6 is 11.8 Å². The minimum Gasteiger partial charge on any atom is -0.337 e. The largest absolute Gasteiger partial charge is 0.337 e. The SMILES string of the molecule is CN(C)CCNC(=O)Nc1ccc(C2=NNC(C=NC3CCCCC3)S2)cc1. The molecule has 0 spiro atoms. The normalized spacial score (nSPS) is 20.2. The Morgan fingerprint density at radius 2 is 2.04 bits per heavy atom. The van der Waals surface area contributed by atoms with Crippen LogP contribution in [0.15, 0.2) is 34.4 Å². The number of carbonyl (C=O) groups excluding carboxylic acids is 1. The molecule has 152 valence electrons. The van der Waals surface area contributed by atoms with Gasteiger partial charge in [-0.1, -0.05) is 43.2 Å². The van der Waals surface area contributed by atoms with E-state index in [9.17, 15) is 4.79 Å². The van der Waals surface area contributed by atoms with Gasteiger partial charge in [0.1, 0.15) is 10.4 Å². The summed E-state index contributed by atoms with van der Waals surface area (Å²) < 4.78 is 0. The van der Waals surface area contributed by atoms with Crippen LogP contribution in [0.4, 0.5) is 10.5 Å². The Morgan fingerprint density at radius 1 is 1.29 bits per heavy atom. The maximum atomic E-state index is 11.9. The van der Waals surface area contributed by atoms with Gasteiger partial charge in [-0.25, -0.2) is 4.79 Å². The second-order valence-corrected chi connectivity index (χ2v) is 8.57. The number of rotatable bonds is 7. The van der Waals surface area contributed by atoms with Crippen LogP contribution in [0.5, 0.6) is 0 Å². The van der Waals surface area contributed by atoms with Gasteiger partial charge in [0, 0.05) is 36.6 Å². The molecule has 1 aliphatic carbocycles. The summed E-state index contributed by atoms with van der Waals surface area (Å²) >= 11 is 1.67. The lowest BCUT2D eigenvalue weighted by Crippen LogP contribution is -2.34. The molecule has 7 nitrogen and oxygen atoms in total. The molecule has 2 amide bonds. The van der Waals surface area contributed by atoms with E-state index in [4.69, 9.17) is 4.99 Å². The Hall–Kier alpha value is -2.06. The fourth-order valence-corrected chi connectivity index (χ4v) is 4.04. The molecule has 1 heterocycles. The minimum absolute atomic E-state index is 0.0946. The van der Waals surface area contributed by atoms with Crippen molar-refractivity contribution in [3.05, 3.63) is 29.8 Å². The molecule has 8 heteroatoms. The molecule has 0 saturated heterocycles. The number of nitrogens with zero attached hydrogens (tertiary/aromatic N) is 3. The maximum absolute atomic E-state index is 11.9. The van der Waals surface area contributed by atoms with Crippen molar-refractivity contribution in [2.45, 2.75) is 43.5 Å². The average molecular weight is 403 g/mol. The number of nitrogens with one attached hydrogen (secondary N) is 3. The summed E-state index contributed by atoms with van der Waals surface area (Å²) in [5.74, 6) is 0. The lowest BCUT2D eigenvalue weighted by molar-refractivity contribution is 0.250. The third-order valence-electron chi connectivity index (χ3n) is 4.77. The first kappa shape index (κ1) is 20.7. The van der Waals surface area contributed by atoms with Crippen molar-refractivity contribution in [2.24, 2.45) is 10.1 Å². The van der Waals surface area contributed by atoms with E-state index >= 15 is 0 Å². The molecule has 1 unspecified atom stereocenters. The first-order valence-electron chi connectivity index (χ1n) is 9.93. The van der Waals surface area contributed by atoms with E-state index in [-0.39, 0.29) is 11.4 Å². The van der Waals surface area contributed by atoms with Crippen molar-refractivity contribution >= 4 is 34.7 Å². The lowest BCUT2D eigenvalue weighted by atomic mass is 9.96. The van der Waals surface area contributed by atoms with Crippen LogP contribution in [-0.2, 0) is 0 Å². The maximum Gasteiger partial charge on any atom is 0.319 e. The van der Waals surface area contributed by atoms with E-state index in [0.29, 0.717) is 12.6 Å². The number of urea groups is 1. The summed E-state index contributed by atoms with van der Waals surface area (Å²) in [7, 11) is 3.95. The van der Waals surface area contributed by atoms with Gasteiger partial charge >= 0.3 is 6.03 Å². The van der Waals surface area contributed by atoms with E-state index in [0.717, 1.165) is 22.8 Å². The first-order valence-corrected chi connectivity index (χ1v) is 10.8. The summed E-state index contributed by atoms with van der Waals surface area (Å²) in [5.41, 5.74) is 4.94. The summed E-state index contributed by atoms with van der Waals surface area (Å²) in [5, 5.41) is 11.2. The zero-order chi connectivity index (χ0) is 19.8.